The first kappa shape index (κ1) is 38.7. The van der Waals surface area contributed by atoms with Gasteiger partial charge in [0.15, 0.2) is 0 Å². The van der Waals surface area contributed by atoms with E-state index in [0.29, 0.717) is 11.8 Å². The molecule has 63 heavy (non-hydrogen) atoms. The topological polar surface area (TPSA) is 63.5 Å². The van der Waals surface area contributed by atoms with Crippen LogP contribution in [0.5, 0.6) is 5.75 Å². The number of allylic oxidation sites excluding steroid dienone is 13. The third-order valence-corrected chi connectivity index (χ3v) is 14.8. The van der Waals surface area contributed by atoms with Crippen molar-refractivity contribution >= 4 is 40.0 Å². The predicted octanol–water partition coefficient (Wildman–Crippen LogP) is 11.5. The van der Waals surface area contributed by atoms with E-state index in [9.17, 15) is 0 Å². The van der Waals surface area contributed by atoms with Gasteiger partial charge in [0.25, 0.3) is 0 Å². The van der Waals surface area contributed by atoms with E-state index in [1.165, 1.54) is 61.3 Å². The second kappa shape index (κ2) is 16.3. The number of pyridine rings is 1. The van der Waals surface area contributed by atoms with E-state index in [-0.39, 0.29) is 24.4 Å². The minimum Gasteiger partial charge on any atom is -0.487 e. The number of nitrogens with one attached hydrogen (secondary N) is 2. The van der Waals surface area contributed by atoms with Crippen LogP contribution < -0.4 is 25.9 Å². The van der Waals surface area contributed by atoms with E-state index in [1.54, 1.807) is 0 Å². The summed E-state index contributed by atoms with van der Waals surface area (Å²) in [5.74, 6) is 3.96. The van der Waals surface area contributed by atoms with Crippen molar-refractivity contribution in [2.45, 2.75) is 108 Å². The molecule has 2 N–H and O–H groups in total. The highest BCUT2D eigenvalue weighted by Gasteiger charge is 2.40. The smallest absolute Gasteiger partial charge is 0.148 e. The SMILES string of the molecule is CC1CC=CC2c3ccc4c5c(n(-c6ncc(-c7cc(C8=CCCC=C8)ccc7C7=CC=CCC7)cc6C6N=C(C7=CC=CCC7)NC(C7C=CCCC7)N6)c4c3O[C@H]12)=CCCC=5. The second-order valence-corrected chi connectivity index (χ2v) is 18.8. The highest BCUT2D eigenvalue weighted by Crippen LogP contribution is 2.48. The zero-order valence-corrected chi connectivity index (χ0v) is 36.4. The first-order valence-corrected chi connectivity index (χ1v) is 23.9. The van der Waals surface area contributed by atoms with Crippen molar-refractivity contribution in [3.05, 3.63) is 160 Å². The van der Waals surface area contributed by atoms with Crippen molar-refractivity contribution in [1.29, 1.82) is 0 Å². The lowest BCUT2D eigenvalue weighted by Gasteiger charge is -2.37. The summed E-state index contributed by atoms with van der Waals surface area (Å²) in [5, 5.41) is 11.8. The quantitative estimate of drug-likeness (QED) is 0.182. The number of rotatable bonds is 7. The third kappa shape index (κ3) is 6.89. The number of hydrogen-bond donors (Lipinski definition) is 2. The molecule has 6 aliphatic carbocycles. The van der Waals surface area contributed by atoms with E-state index < -0.39 is 0 Å². The van der Waals surface area contributed by atoms with Crippen LogP contribution in [-0.4, -0.2) is 27.7 Å². The molecule has 8 aliphatic rings. The van der Waals surface area contributed by atoms with Crippen LogP contribution >= 0.6 is 0 Å². The van der Waals surface area contributed by atoms with Gasteiger partial charge in [-0.15, -0.1) is 0 Å². The van der Waals surface area contributed by atoms with Crippen LogP contribution in [0.4, 0.5) is 0 Å². The summed E-state index contributed by atoms with van der Waals surface area (Å²) >= 11 is 0. The number of benzene rings is 2. The Labute approximate surface area is 371 Å². The van der Waals surface area contributed by atoms with Gasteiger partial charge < -0.3 is 10.1 Å². The molecule has 0 spiro atoms. The number of ether oxygens (including phenoxy) is 1. The number of aromatic nitrogens is 2. The number of fused-ring (bicyclic) bond motifs is 7. The van der Waals surface area contributed by atoms with Crippen molar-refractivity contribution < 1.29 is 4.74 Å². The monoisotopic (exact) mass is 827 g/mol. The first-order chi connectivity index (χ1) is 31.2. The molecule has 6 heteroatoms. The van der Waals surface area contributed by atoms with Crippen LogP contribution in [-0.2, 0) is 0 Å². The lowest BCUT2D eigenvalue weighted by Crippen LogP contribution is -2.55. The molecule has 2 aliphatic heterocycles. The van der Waals surface area contributed by atoms with Gasteiger partial charge in [0.2, 0.25) is 0 Å². The Kier molecular flexibility index (Phi) is 10.0. The van der Waals surface area contributed by atoms with Gasteiger partial charge >= 0.3 is 0 Å². The molecule has 0 bridgehead atoms. The fraction of sp³-hybridized carbons (Fsp3) is 0.333. The largest absolute Gasteiger partial charge is 0.487 e. The van der Waals surface area contributed by atoms with E-state index in [2.05, 4.69) is 156 Å². The predicted molar refractivity (Wildman–Crippen MR) is 260 cm³/mol. The van der Waals surface area contributed by atoms with Crippen LogP contribution in [0.15, 0.2) is 132 Å². The zero-order chi connectivity index (χ0) is 41.9. The first-order valence-electron chi connectivity index (χ1n) is 23.9. The molecule has 12 rings (SSSR count). The average Bonchev–Trinajstić information content (AvgIpc) is 3.91. The van der Waals surface area contributed by atoms with Crippen molar-refractivity contribution in [2.75, 3.05) is 0 Å². The van der Waals surface area contributed by atoms with E-state index >= 15 is 0 Å². The Bertz CT molecular complexity index is 2940. The Balaban J connectivity index is 1.12. The van der Waals surface area contributed by atoms with Crippen LogP contribution in [0.25, 0.3) is 51.1 Å². The Hall–Kier alpha value is -5.98. The molecule has 5 unspecified atom stereocenters. The summed E-state index contributed by atoms with van der Waals surface area (Å²) in [6.07, 6.45) is 49.6. The molecule has 4 heterocycles. The van der Waals surface area contributed by atoms with Gasteiger partial charge in [-0.1, -0.05) is 122 Å². The lowest BCUT2D eigenvalue weighted by molar-refractivity contribution is 0.152. The lowest BCUT2D eigenvalue weighted by atomic mass is 9.82. The number of aliphatic imine (C=N–C) groups is 1. The van der Waals surface area contributed by atoms with E-state index in [1.807, 2.05) is 0 Å². The summed E-state index contributed by atoms with van der Waals surface area (Å²) < 4.78 is 9.64. The molecule has 0 radical (unpaired) electrons. The molecule has 0 saturated carbocycles. The summed E-state index contributed by atoms with van der Waals surface area (Å²) in [7, 11) is 0. The highest BCUT2D eigenvalue weighted by atomic mass is 16.5. The van der Waals surface area contributed by atoms with Crippen molar-refractivity contribution in [3.8, 4) is 22.7 Å². The molecule has 2 aromatic heterocycles. The maximum atomic E-state index is 7.18. The maximum absolute atomic E-state index is 7.18. The Morgan fingerprint density at radius 1 is 0.762 bits per heavy atom. The normalized spacial score (nSPS) is 26.9. The van der Waals surface area contributed by atoms with Crippen LogP contribution in [0, 0.1) is 11.8 Å². The molecule has 0 amide bonds. The minimum atomic E-state index is -0.354. The fourth-order valence-corrected chi connectivity index (χ4v) is 11.5. The molecular formula is C57H57N5O. The molecule has 6 atom stereocenters. The third-order valence-electron chi connectivity index (χ3n) is 14.8. The maximum Gasteiger partial charge on any atom is 0.148 e. The summed E-state index contributed by atoms with van der Waals surface area (Å²) in [4.78, 5) is 11.4. The molecule has 2 aromatic carbocycles. The van der Waals surface area contributed by atoms with Crippen molar-refractivity contribution in [3.63, 3.8) is 0 Å². The van der Waals surface area contributed by atoms with E-state index in [4.69, 9.17) is 14.7 Å². The molecule has 0 fully saturated rings. The van der Waals surface area contributed by atoms with E-state index in [0.717, 1.165) is 105 Å². The molecule has 4 aromatic rings. The molecule has 6 nitrogen and oxygen atoms in total. The van der Waals surface area contributed by atoms with Gasteiger partial charge in [-0.2, -0.15) is 0 Å². The Morgan fingerprint density at radius 3 is 2.46 bits per heavy atom. The van der Waals surface area contributed by atoms with Gasteiger partial charge in [-0.25, -0.2) is 9.98 Å². The standard InChI is InChI=1S/C57H57N5O/c1-36-17-16-27-46-47-32-31-45-44-26-14-15-28-50(44)62(51(45)53(47)63-52(36)46)57-49(56-60-54(39-22-10-4-11-23-39)59-55(61-56)40-24-12-5-13-25-40)34-42(35-58-57)48-33-41(37-18-6-2-7-19-37)29-30-43(48)38-20-8-3-9-21-38/h3-4,6,8,10,12,16,18-20,22,24,26-36,40,46,52,55-56,61H,2,5,7,9,11,13-15,17,21,23,25H2,1H3,(H,59,60)/t36?,40?,46?,52-,55?,56?/m1/s1. The summed E-state index contributed by atoms with van der Waals surface area (Å²) in [6.45, 7) is 2.34. The van der Waals surface area contributed by atoms with Gasteiger partial charge in [0, 0.05) is 45.3 Å². The van der Waals surface area contributed by atoms with Gasteiger partial charge in [0.1, 0.15) is 29.7 Å². The van der Waals surface area contributed by atoms with Crippen LogP contribution in [0.2, 0.25) is 0 Å². The number of amidine groups is 1. The highest BCUT2D eigenvalue weighted by molar-refractivity contribution is 6.00. The minimum absolute atomic E-state index is 0.0182. The summed E-state index contributed by atoms with van der Waals surface area (Å²) in [6, 6.07) is 14.2. The number of nitrogens with zero attached hydrogens (tertiary/aromatic N) is 3. The Morgan fingerprint density at radius 2 is 1.63 bits per heavy atom. The average molecular weight is 828 g/mol. The number of hydrogen-bond acceptors (Lipinski definition) is 5. The van der Waals surface area contributed by atoms with Gasteiger partial charge in [0.05, 0.1) is 17.0 Å². The van der Waals surface area contributed by atoms with Crippen molar-refractivity contribution in [1.82, 2.24) is 20.2 Å². The van der Waals surface area contributed by atoms with Crippen LogP contribution in [0.1, 0.15) is 118 Å². The molecule has 0 saturated heterocycles. The van der Waals surface area contributed by atoms with Crippen molar-refractivity contribution in [2.24, 2.45) is 16.8 Å². The molecule has 316 valence electrons. The van der Waals surface area contributed by atoms with Crippen LogP contribution in [0.3, 0.4) is 0 Å². The molecular weight excluding hydrogens is 771 g/mol. The second-order valence-electron chi connectivity index (χ2n) is 18.8. The zero-order valence-electron chi connectivity index (χ0n) is 36.4. The fourth-order valence-electron chi connectivity index (χ4n) is 11.5. The van der Waals surface area contributed by atoms with Gasteiger partial charge in [-0.05, 0) is 129 Å². The summed E-state index contributed by atoms with van der Waals surface area (Å²) in [5.41, 5.74) is 12.3. The van der Waals surface area contributed by atoms with Gasteiger partial charge in [-0.3, -0.25) is 9.88 Å².